The van der Waals surface area contributed by atoms with Crippen LogP contribution in [-0.4, -0.2) is 63.8 Å². The van der Waals surface area contributed by atoms with Crippen LogP contribution in [0, 0.1) is 0 Å². The first-order valence-corrected chi connectivity index (χ1v) is 17.2. The Balaban J connectivity index is 1.37. The van der Waals surface area contributed by atoms with Crippen molar-refractivity contribution in [3.05, 3.63) is 113 Å². The van der Waals surface area contributed by atoms with Gasteiger partial charge in [-0.2, -0.15) is 0 Å². The topological polar surface area (TPSA) is 147 Å². The first-order chi connectivity index (χ1) is 21.8. The number of carboxylic acids is 1. The van der Waals surface area contributed by atoms with Gasteiger partial charge in [-0.05, 0) is 54.8 Å². The molecule has 2 atom stereocenters. The molecule has 2 aliphatic heterocycles. The van der Waals surface area contributed by atoms with Gasteiger partial charge in [0.05, 0.1) is 12.2 Å². The van der Waals surface area contributed by atoms with E-state index in [2.05, 4.69) is 51.9 Å². The Kier molecular flexibility index (Phi) is 8.47. The molecular formula is C33H31N5O5PS+. The van der Waals surface area contributed by atoms with E-state index in [0.29, 0.717) is 24.6 Å². The van der Waals surface area contributed by atoms with Gasteiger partial charge < -0.3 is 21.0 Å². The highest BCUT2D eigenvalue weighted by Crippen LogP contribution is 2.58. The molecule has 1 unspecified atom stereocenters. The maximum atomic E-state index is 13.6. The number of aromatic nitrogens is 1. The van der Waals surface area contributed by atoms with Gasteiger partial charge in [0, 0.05) is 5.38 Å². The molecule has 2 aliphatic rings. The molecule has 1 aromatic heterocycles. The molecule has 1 saturated heterocycles. The van der Waals surface area contributed by atoms with Crippen molar-refractivity contribution in [2.24, 2.45) is 5.16 Å². The fourth-order valence-electron chi connectivity index (χ4n) is 6.25. The number of nitrogen functional groups attached to an aromatic ring is 1. The number of rotatable bonds is 10. The maximum Gasteiger partial charge on any atom is 0.352 e. The quantitative estimate of drug-likeness (QED) is 0.105. The number of β-lactam (4-membered cyclic amide) rings is 1. The molecule has 6 rings (SSSR count). The number of hydrogen-bond donors (Lipinski definition) is 3. The molecular weight excluding hydrogens is 609 g/mol. The number of oxime groups is 1. The van der Waals surface area contributed by atoms with Crippen LogP contribution in [0.3, 0.4) is 0 Å². The summed E-state index contributed by atoms with van der Waals surface area (Å²) in [5.74, 6) is -2.31. The number of benzene rings is 3. The number of carbonyl (C=O) groups is 3. The van der Waals surface area contributed by atoms with Gasteiger partial charge in [-0.15, -0.1) is 11.3 Å². The molecule has 0 radical (unpaired) electrons. The van der Waals surface area contributed by atoms with Crippen LogP contribution < -0.4 is 27.0 Å². The zero-order valence-electron chi connectivity index (χ0n) is 24.4. The number of hydrogen-bond acceptors (Lipinski definition) is 8. The molecule has 228 valence electrons. The summed E-state index contributed by atoms with van der Waals surface area (Å²) >= 11 is 1.14. The minimum atomic E-state index is -2.41. The van der Waals surface area contributed by atoms with Crippen LogP contribution in [0.5, 0.6) is 0 Å². The summed E-state index contributed by atoms with van der Waals surface area (Å²) in [6.45, 7) is 0. The second kappa shape index (κ2) is 12.6. The molecule has 12 heteroatoms. The largest absolute Gasteiger partial charge is 0.477 e. The van der Waals surface area contributed by atoms with E-state index in [1.807, 2.05) is 54.6 Å². The highest BCUT2D eigenvalue weighted by atomic mass is 32.1. The van der Waals surface area contributed by atoms with Gasteiger partial charge >= 0.3 is 5.97 Å². The summed E-state index contributed by atoms with van der Waals surface area (Å²) in [6.07, 6.45) is 1.40. The first-order valence-electron chi connectivity index (χ1n) is 14.3. The molecule has 0 bridgehead atoms. The van der Waals surface area contributed by atoms with Crippen LogP contribution in [0.2, 0.25) is 0 Å². The molecule has 2 amide bonds. The monoisotopic (exact) mass is 640 g/mol. The molecule has 3 heterocycles. The van der Waals surface area contributed by atoms with E-state index >= 15 is 0 Å². The van der Waals surface area contributed by atoms with Gasteiger partial charge in [0.2, 0.25) is 0 Å². The minimum Gasteiger partial charge on any atom is -0.477 e. The van der Waals surface area contributed by atoms with Crippen molar-refractivity contribution >= 4 is 63.1 Å². The van der Waals surface area contributed by atoms with E-state index < -0.39 is 37.1 Å². The number of amides is 2. The van der Waals surface area contributed by atoms with Crippen molar-refractivity contribution < 1.29 is 24.3 Å². The van der Waals surface area contributed by atoms with Gasteiger partial charge in [0.1, 0.15) is 47.7 Å². The van der Waals surface area contributed by atoms with E-state index in [0.717, 1.165) is 27.3 Å². The lowest BCUT2D eigenvalue weighted by atomic mass is 9.83. The SMILES string of the molecule is CO/N=C(/C(=O)N[C@@H]1C(=O)N2C(C(=O)O)=C(C[P+](c3ccccc3)(c3ccccc3)c3ccccc3)CCC12)c1csc(N)n1. The molecule has 4 aromatic rings. The highest BCUT2D eigenvalue weighted by molar-refractivity contribution is 7.95. The Bertz CT molecular complexity index is 1700. The average molecular weight is 641 g/mol. The van der Waals surface area contributed by atoms with E-state index in [4.69, 9.17) is 10.6 Å². The average Bonchev–Trinajstić information content (AvgIpc) is 3.51. The van der Waals surface area contributed by atoms with Crippen LogP contribution in [0.15, 0.2) is 113 Å². The van der Waals surface area contributed by atoms with Crippen LogP contribution in [0.1, 0.15) is 18.5 Å². The molecule has 3 aromatic carbocycles. The zero-order valence-corrected chi connectivity index (χ0v) is 26.1. The number of aliphatic carboxylic acids is 1. The lowest BCUT2D eigenvalue weighted by Gasteiger charge is -2.50. The Morgan fingerprint density at radius 2 is 1.58 bits per heavy atom. The van der Waals surface area contributed by atoms with E-state index in [9.17, 15) is 19.5 Å². The number of nitrogens with zero attached hydrogens (tertiary/aromatic N) is 3. The predicted octanol–water partition coefficient (Wildman–Crippen LogP) is 2.90. The minimum absolute atomic E-state index is 0.00743. The van der Waals surface area contributed by atoms with Crippen molar-refractivity contribution in [1.29, 1.82) is 0 Å². The van der Waals surface area contributed by atoms with Gasteiger partial charge in [0.25, 0.3) is 11.8 Å². The summed E-state index contributed by atoms with van der Waals surface area (Å²) < 4.78 is 0. The fourth-order valence-corrected chi connectivity index (χ4v) is 11.2. The predicted molar refractivity (Wildman–Crippen MR) is 177 cm³/mol. The summed E-state index contributed by atoms with van der Waals surface area (Å²) in [6, 6.07) is 29.2. The summed E-state index contributed by atoms with van der Waals surface area (Å²) in [7, 11) is -1.11. The fraction of sp³-hybridized carbons (Fsp3) is 0.182. The number of allylic oxidation sites excluding steroid dienone is 1. The van der Waals surface area contributed by atoms with Crippen LogP contribution in [0.25, 0.3) is 0 Å². The number of fused-ring (bicyclic) bond motifs is 1. The van der Waals surface area contributed by atoms with Crippen LogP contribution >= 0.6 is 18.6 Å². The Hall–Kier alpha value is -4.86. The first kappa shape index (κ1) is 30.2. The summed E-state index contributed by atoms with van der Waals surface area (Å²) in [4.78, 5) is 50.0. The second-order valence-corrected chi connectivity index (χ2v) is 15.1. The number of anilines is 1. The summed E-state index contributed by atoms with van der Waals surface area (Å²) in [5, 5.41) is 22.3. The second-order valence-electron chi connectivity index (χ2n) is 10.7. The van der Waals surface area contributed by atoms with Gasteiger partial charge in [0.15, 0.2) is 10.8 Å². The Labute approximate surface area is 264 Å². The third kappa shape index (κ3) is 5.49. The van der Waals surface area contributed by atoms with Gasteiger partial charge in [-0.25, -0.2) is 9.78 Å². The smallest absolute Gasteiger partial charge is 0.352 e. The Morgan fingerprint density at radius 1 is 1.02 bits per heavy atom. The van der Waals surface area contributed by atoms with Crippen LogP contribution in [-0.2, 0) is 19.2 Å². The van der Waals surface area contributed by atoms with Crippen LogP contribution in [0.4, 0.5) is 5.13 Å². The number of nitrogens with one attached hydrogen (secondary N) is 1. The van der Waals surface area contributed by atoms with Crippen molar-refractivity contribution in [1.82, 2.24) is 15.2 Å². The standard InChI is InChI=1S/C33H30N5O5PS/c1-43-37-27(25-20-45-33(34)35-25)30(39)36-28-26-18-17-21(29(32(41)42)38(26)31(28)40)19-44(22-11-5-2-6-12-22,23-13-7-3-8-14-23)24-15-9-4-10-16-24/h2-16,20,26,28H,17-19H2,1H3,(H3-,34,35,36,39,41,42)/p+1/b37-27+/t26?,28-/m0/s1. The van der Waals surface area contributed by atoms with E-state index in [1.165, 1.54) is 12.0 Å². The number of nitrogens with two attached hydrogens (primary N) is 1. The van der Waals surface area contributed by atoms with Crippen molar-refractivity contribution in [3.8, 4) is 0 Å². The molecule has 0 spiro atoms. The maximum absolute atomic E-state index is 13.6. The van der Waals surface area contributed by atoms with E-state index in [1.54, 1.807) is 5.38 Å². The molecule has 4 N–H and O–H groups in total. The highest BCUT2D eigenvalue weighted by Gasteiger charge is 2.56. The van der Waals surface area contributed by atoms with Crippen molar-refractivity contribution in [3.63, 3.8) is 0 Å². The third-order valence-corrected chi connectivity index (χ3v) is 13.3. The van der Waals surface area contributed by atoms with Gasteiger partial charge in [-0.3, -0.25) is 14.5 Å². The number of carbonyl (C=O) groups excluding carboxylic acids is 2. The molecule has 10 nitrogen and oxygen atoms in total. The van der Waals surface area contributed by atoms with E-state index in [-0.39, 0.29) is 22.2 Å². The van der Waals surface area contributed by atoms with Gasteiger partial charge in [-0.1, -0.05) is 59.8 Å². The molecule has 1 fully saturated rings. The number of thiazole rings is 1. The number of carboxylic acid groups (broad SMARTS) is 1. The molecule has 0 saturated carbocycles. The molecule has 0 aliphatic carbocycles. The third-order valence-electron chi connectivity index (χ3n) is 8.21. The summed E-state index contributed by atoms with van der Waals surface area (Å²) in [5.41, 5.74) is 6.54. The normalized spacial score (nSPS) is 18.2. The lowest BCUT2D eigenvalue weighted by molar-refractivity contribution is -0.155. The lowest BCUT2D eigenvalue weighted by Crippen LogP contribution is -2.72. The Morgan fingerprint density at radius 3 is 2.04 bits per heavy atom. The van der Waals surface area contributed by atoms with Crippen molar-refractivity contribution in [2.45, 2.75) is 24.9 Å². The zero-order chi connectivity index (χ0) is 31.6. The molecule has 45 heavy (non-hydrogen) atoms. The van der Waals surface area contributed by atoms with Crippen molar-refractivity contribution in [2.75, 3.05) is 19.0 Å².